The molecule has 1 atom stereocenters. The number of carbonyl (C=O) groups excluding carboxylic acids is 3. The molecule has 0 radical (unpaired) electrons. The lowest BCUT2D eigenvalue weighted by Crippen LogP contribution is -2.41. The number of halogens is 3. The lowest BCUT2D eigenvalue weighted by Gasteiger charge is -2.16. The largest absolute Gasteiger partial charge is 0.390 e. The Hall–Kier alpha value is -3.56. The van der Waals surface area contributed by atoms with Crippen molar-refractivity contribution in [1.82, 2.24) is 15.6 Å². The van der Waals surface area contributed by atoms with Crippen LogP contribution in [0.4, 0.5) is 18.9 Å². The zero-order chi connectivity index (χ0) is 29.9. The zero-order valence-electron chi connectivity index (χ0n) is 21.8. The molecule has 0 aliphatic heterocycles. The minimum absolute atomic E-state index is 0.00400. The number of hydrogen-bond acceptors (Lipinski definition) is 8. The highest BCUT2D eigenvalue weighted by atomic mass is 32.2. The number of aliphatic hydroxyl groups excluding tert-OH is 1. The van der Waals surface area contributed by atoms with Gasteiger partial charge in [-0.3, -0.25) is 14.4 Å². The van der Waals surface area contributed by atoms with Crippen molar-refractivity contribution in [3.63, 3.8) is 0 Å². The lowest BCUT2D eigenvalue weighted by molar-refractivity contribution is -0.130. The quantitative estimate of drug-likeness (QED) is 0.302. The Labute approximate surface area is 237 Å². The van der Waals surface area contributed by atoms with Crippen LogP contribution in [0, 0.1) is 0 Å². The van der Waals surface area contributed by atoms with E-state index < -0.39 is 64.3 Å². The first-order valence-corrected chi connectivity index (χ1v) is 15.0. The number of nitrogens with zero attached hydrogens (tertiary/aromatic N) is 2. The van der Waals surface area contributed by atoms with Gasteiger partial charge in [0.25, 0.3) is 5.91 Å². The Bertz CT molecular complexity index is 1550. The molecule has 0 saturated heterocycles. The van der Waals surface area contributed by atoms with Crippen molar-refractivity contribution in [1.29, 1.82) is 0 Å². The Balaban J connectivity index is 1.61. The number of amides is 3. The first-order valence-electron chi connectivity index (χ1n) is 12.5. The second-order valence-corrected chi connectivity index (χ2v) is 12.8. The first-order chi connectivity index (χ1) is 19.3. The summed E-state index contributed by atoms with van der Waals surface area (Å²) in [5.41, 5.74) is 2.34. The van der Waals surface area contributed by atoms with E-state index >= 15 is 0 Å². The van der Waals surface area contributed by atoms with Gasteiger partial charge in [-0.2, -0.15) is 13.2 Å². The molecule has 10 nitrogen and oxygen atoms in total. The summed E-state index contributed by atoms with van der Waals surface area (Å²) in [7, 11) is -3.14. The monoisotopic (exact) mass is 612 g/mol. The highest BCUT2D eigenvalue weighted by Gasteiger charge is 2.40. The number of alkyl halides is 3. The topological polar surface area (TPSA) is 146 Å². The molecular weight excluding hydrogens is 585 g/mol. The third-order valence-electron chi connectivity index (χ3n) is 6.36. The number of benzene rings is 2. The molecule has 0 spiro atoms. The number of aliphatic hydroxyl groups is 1. The summed E-state index contributed by atoms with van der Waals surface area (Å²) in [4.78, 5) is 42.3. The van der Waals surface area contributed by atoms with Gasteiger partial charge < -0.3 is 20.6 Å². The van der Waals surface area contributed by atoms with E-state index in [1.54, 1.807) is 42.5 Å². The van der Waals surface area contributed by atoms with Gasteiger partial charge in [0, 0.05) is 18.8 Å². The molecule has 220 valence electrons. The van der Waals surface area contributed by atoms with Crippen LogP contribution in [0.25, 0.3) is 21.3 Å². The number of carbonyl (C=O) groups is 3. The zero-order valence-corrected chi connectivity index (χ0v) is 23.4. The summed E-state index contributed by atoms with van der Waals surface area (Å²) in [6, 6.07) is 11.8. The standard InChI is InChI=1S/C26H27F3N4O6S2/c1-33(22(36)14-34)18-7-2-15(3-8-18)16-4-9-19-20(12-16)40-25(32-19)23(41(38,39)11-10-26(27,28)29)24(37)30-13-21(35)31-17-5-6-17/h2-4,7-9,12,17,23,34H,5-6,10-11,13-14H2,1H3,(H,30,37)(H,31,35). The number of hydrogen-bond donors (Lipinski definition) is 3. The average Bonchev–Trinajstić information content (AvgIpc) is 3.64. The molecule has 1 heterocycles. The Morgan fingerprint density at radius 1 is 1.12 bits per heavy atom. The summed E-state index contributed by atoms with van der Waals surface area (Å²) >= 11 is 0.859. The van der Waals surface area contributed by atoms with Crippen molar-refractivity contribution in [3.8, 4) is 11.1 Å². The van der Waals surface area contributed by atoms with Crippen LogP contribution in [0.1, 0.15) is 29.5 Å². The molecule has 1 aliphatic carbocycles. The Morgan fingerprint density at radius 3 is 2.39 bits per heavy atom. The van der Waals surface area contributed by atoms with Crippen molar-refractivity contribution in [2.75, 3.05) is 30.9 Å². The number of thiazole rings is 1. The van der Waals surface area contributed by atoms with Gasteiger partial charge >= 0.3 is 6.18 Å². The van der Waals surface area contributed by atoms with E-state index in [0.717, 1.165) is 29.7 Å². The summed E-state index contributed by atoms with van der Waals surface area (Å²) in [5.74, 6) is -3.46. The molecule has 3 N–H and O–H groups in total. The molecule has 4 rings (SSSR count). The van der Waals surface area contributed by atoms with Crippen LogP contribution >= 0.6 is 11.3 Å². The fraction of sp³-hybridized carbons (Fsp3) is 0.385. The average molecular weight is 613 g/mol. The van der Waals surface area contributed by atoms with Gasteiger partial charge in [-0.1, -0.05) is 18.2 Å². The maximum absolute atomic E-state index is 13.0. The van der Waals surface area contributed by atoms with E-state index in [1.807, 2.05) is 0 Å². The first kappa shape index (κ1) is 30.4. The van der Waals surface area contributed by atoms with E-state index in [4.69, 9.17) is 5.11 Å². The molecule has 3 amide bonds. The van der Waals surface area contributed by atoms with Gasteiger partial charge in [0.2, 0.25) is 11.8 Å². The molecule has 15 heteroatoms. The van der Waals surface area contributed by atoms with Gasteiger partial charge in [0.1, 0.15) is 11.6 Å². The molecule has 3 aromatic rings. The van der Waals surface area contributed by atoms with Crippen LogP contribution in [0.5, 0.6) is 0 Å². The van der Waals surface area contributed by atoms with Gasteiger partial charge in [0.15, 0.2) is 15.1 Å². The smallest absolute Gasteiger partial charge is 0.387 e. The van der Waals surface area contributed by atoms with E-state index in [1.165, 1.54) is 11.9 Å². The fourth-order valence-corrected chi connectivity index (χ4v) is 7.03. The molecule has 1 aliphatic rings. The number of aromatic nitrogens is 1. The number of anilines is 1. The SMILES string of the molecule is CN(C(=O)CO)c1ccc(-c2ccc3nc(C(C(=O)NCC(=O)NC4CC4)S(=O)(=O)CCC(F)(F)F)sc3c2)cc1. The molecular formula is C26H27F3N4O6S2. The molecule has 1 fully saturated rings. The minimum atomic E-state index is -4.75. The fourth-order valence-electron chi connectivity index (χ4n) is 3.93. The molecule has 2 aromatic carbocycles. The number of nitrogens with one attached hydrogen (secondary N) is 2. The predicted molar refractivity (Wildman–Crippen MR) is 147 cm³/mol. The molecule has 1 aromatic heterocycles. The minimum Gasteiger partial charge on any atom is -0.387 e. The Morgan fingerprint density at radius 2 is 1.78 bits per heavy atom. The second-order valence-electron chi connectivity index (χ2n) is 9.56. The van der Waals surface area contributed by atoms with Crippen LogP contribution in [-0.2, 0) is 24.2 Å². The van der Waals surface area contributed by atoms with E-state index in [2.05, 4.69) is 15.6 Å². The van der Waals surface area contributed by atoms with E-state index in [0.29, 0.717) is 21.5 Å². The predicted octanol–water partition coefficient (Wildman–Crippen LogP) is 2.72. The maximum Gasteiger partial charge on any atom is 0.390 e. The molecule has 41 heavy (non-hydrogen) atoms. The van der Waals surface area contributed by atoms with Gasteiger partial charge in [0.05, 0.1) is 28.9 Å². The van der Waals surface area contributed by atoms with Crippen LogP contribution in [-0.4, -0.2) is 74.4 Å². The van der Waals surface area contributed by atoms with Crippen molar-refractivity contribution < 1.29 is 41.1 Å². The van der Waals surface area contributed by atoms with Crippen LogP contribution in [0.2, 0.25) is 0 Å². The number of fused-ring (bicyclic) bond motifs is 1. The van der Waals surface area contributed by atoms with Gasteiger partial charge in [-0.05, 0) is 48.2 Å². The van der Waals surface area contributed by atoms with E-state index in [-0.39, 0.29) is 11.0 Å². The summed E-state index contributed by atoms with van der Waals surface area (Å²) < 4.78 is 65.2. The molecule has 1 saturated carbocycles. The van der Waals surface area contributed by atoms with E-state index in [9.17, 15) is 36.0 Å². The third-order valence-corrected chi connectivity index (χ3v) is 9.52. The van der Waals surface area contributed by atoms with Crippen LogP contribution in [0.15, 0.2) is 42.5 Å². The highest BCUT2D eigenvalue weighted by molar-refractivity contribution is 7.92. The normalized spacial score (nSPS) is 14.5. The van der Waals surface area contributed by atoms with Gasteiger partial charge in [-0.25, -0.2) is 13.4 Å². The third kappa shape index (κ3) is 7.80. The number of likely N-dealkylation sites (N-methyl/N-ethyl adjacent to an activating group) is 1. The maximum atomic E-state index is 13.0. The van der Waals surface area contributed by atoms with Crippen LogP contribution < -0.4 is 15.5 Å². The van der Waals surface area contributed by atoms with Crippen molar-refractivity contribution >= 4 is 54.8 Å². The molecule has 0 bridgehead atoms. The number of rotatable bonds is 11. The van der Waals surface area contributed by atoms with Crippen molar-refractivity contribution in [2.24, 2.45) is 0 Å². The van der Waals surface area contributed by atoms with Crippen LogP contribution in [0.3, 0.4) is 0 Å². The highest BCUT2D eigenvalue weighted by Crippen LogP contribution is 2.35. The van der Waals surface area contributed by atoms with Crippen molar-refractivity contribution in [2.45, 2.75) is 36.7 Å². The van der Waals surface area contributed by atoms with Crippen molar-refractivity contribution in [3.05, 3.63) is 47.5 Å². The summed E-state index contributed by atoms with van der Waals surface area (Å²) in [5, 5.41) is 11.7. The summed E-state index contributed by atoms with van der Waals surface area (Å²) in [6.07, 6.45) is -4.79. The second kappa shape index (κ2) is 12.1. The lowest BCUT2D eigenvalue weighted by atomic mass is 10.1. The van der Waals surface area contributed by atoms with Gasteiger partial charge in [-0.15, -0.1) is 11.3 Å². The molecule has 1 unspecified atom stereocenters. The number of sulfone groups is 1. The Kier molecular flexibility index (Phi) is 8.99. The summed E-state index contributed by atoms with van der Waals surface area (Å²) in [6.45, 7) is -1.16.